The first-order chi connectivity index (χ1) is 7.13. The van der Waals surface area contributed by atoms with Crippen LogP contribution >= 0.6 is 35.0 Å². The molecule has 0 fully saturated rings. The quantitative estimate of drug-likeness (QED) is 0.614. The highest BCUT2D eigenvalue weighted by Gasteiger charge is 2.07. The van der Waals surface area contributed by atoms with Crippen molar-refractivity contribution in [2.24, 2.45) is 0 Å². The molecule has 15 heavy (non-hydrogen) atoms. The number of nitrogens with zero attached hydrogens (tertiary/aromatic N) is 3. The largest absolute Gasteiger partial charge is 0.439 e. The van der Waals surface area contributed by atoms with Crippen molar-refractivity contribution in [2.75, 3.05) is 0 Å². The number of aromatic nitrogens is 3. The van der Waals surface area contributed by atoms with Crippen LogP contribution in [0.15, 0.2) is 27.0 Å². The van der Waals surface area contributed by atoms with Crippen molar-refractivity contribution in [1.82, 2.24) is 15.0 Å². The maximum Gasteiger partial charge on any atom is 0.262 e. The lowest BCUT2D eigenvalue weighted by Crippen LogP contribution is -1.86. The Bertz CT molecular complexity index is 468. The van der Waals surface area contributed by atoms with Crippen LogP contribution in [0.3, 0.4) is 0 Å². The Hall–Kier alpha value is -0.780. The minimum atomic E-state index is 0.105. The summed E-state index contributed by atoms with van der Waals surface area (Å²) in [5, 5.41) is 1.49. The number of hydrogen-bond donors (Lipinski definition) is 0. The van der Waals surface area contributed by atoms with Crippen LogP contribution in [0.4, 0.5) is 0 Å². The molecule has 0 saturated carbocycles. The third-order valence-corrected chi connectivity index (χ3v) is 2.58. The number of hydrogen-bond acceptors (Lipinski definition) is 5. The van der Waals surface area contributed by atoms with E-state index < -0.39 is 0 Å². The molecular formula is C8H5Cl2N3OS. The molecule has 0 N–H and O–H groups in total. The molecule has 0 aliphatic heterocycles. The molecule has 2 rings (SSSR count). The Morgan fingerprint density at radius 2 is 2.07 bits per heavy atom. The van der Waals surface area contributed by atoms with Gasteiger partial charge >= 0.3 is 0 Å². The lowest BCUT2D eigenvalue weighted by molar-refractivity contribution is 0.454. The molecular weight excluding hydrogens is 257 g/mol. The summed E-state index contributed by atoms with van der Waals surface area (Å²) in [6.45, 7) is 1.84. The van der Waals surface area contributed by atoms with Gasteiger partial charge in [-0.2, -0.15) is 0 Å². The molecule has 0 radical (unpaired) electrons. The van der Waals surface area contributed by atoms with Crippen LogP contribution in [0, 0.1) is 6.92 Å². The van der Waals surface area contributed by atoms with Crippen LogP contribution in [-0.2, 0) is 0 Å². The summed E-state index contributed by atoms with van der Waals surface area (Å²) in [7, 11) is 0. The van der Waals surface area contributed by atoms with Crippen LogP contribution in [0.1, 0.15) is 5.69 Å². The first-order valence-electron chi connectivity index (χ1n) is 3.93. The van der Waals surface area contributed by atoms with Gasteiger partial charge in [0.25, 0.3) is 5.22 Å². The molecule has 7 heteroatoms. The predicted molar refractivity (Wildman–Crippen MR) is 57.4 cm³/mol. The maximum atomic E-state index is 5.72. The zero-order chi connectivity index (χ0) is 10.8. The van der Waals surface area contributed by atoms with Gasteiger partial charge in [0.2, 0.25) is 5.28 Å². The molecule has 78 valence electrons. The van der Waals surface area contributed by atoms with Gasteiger partial charge in [-0.1, -0.05) is 11.6 Å². The highest BCUT2D eigenvalue weighted by atomic mass is 35.5. The van der Waals surface area contributed by atoms with E-state index in [0.717, 1.165) is 5.69 Å². The van der Waals surface area contributed by atoms with E-state index in [9.17, 15) is 0 Å². The van der Waals surface area contributed by atoms with E-state index in [0.29, 0.717) is 15.4 Å². The van der Waals surface area contributed by atoms with Gasteiger partial charge in [-0.3, -0.25) is 0 Å². The first kappa shape index (κ1) is 10.7. The molecule has 0 aromatic carbocycles. The van der Waals surface area contributed by atoms with E-state index in [1.807, 2.05) is 6.92 Å². The summed E-state index contributed by atoms with van der Waals surface area (Å²) in [5.41, 5.74) is 0.809. The van der Waals surface area contributed by atoms with Crippen LogP contribution in [0.2, 0.25) is 10.4 Å². The van der Waals surface area contributed by atoms with Gasteiger partial charge in [-0.05, 0) is 30.3 Å². The lowest BCUT2D eigenvalue weighted by atomic mass is 10.6. The maximum absolute atomic E-state index is 5.72. The standard InChI is InChI=1S/C8H5Cl2N3OS/c1-4-3-14-8(11-4)15-6-2-5(9)12-7(10)13-6/h2-3H,1H3. The van der Waals surface area contributed by atoms with E-state index in [1.54, 1.807) is 12.3 Å². The number of rotatable bonds is 2. The fraction of sp³-hybridized carbons (Fsp3) is 0.125. The summed E-state index contributed by atoms with van der Waals surface area (Å²) >= 11 is 12.6. The number of aryl methyl sites for hydroxylation is 1. The summed E-state index contributed by atoms with van der Waals surface area (Å²) < 4.78 is 5.15. The van der Waals surface area contributed by atoms with E-state index in [-0.39, 0.29) is 5.28 Å². The van der Waals surface area contributed by atoms with E-state index in [1.165, 1.54) is 11.8 Å². The monoisotopic (exact) mass is 261 g/mol. The minimum Gasteiger partial charge on any atom is -0.439 e. The summed E-state index contributed by atoms with van der Waals surface area (Å²) in [6, 6.07) is 1.59. The van der Waals surface area contributed by atoms with Crippen molar-refractivity contribution < 1.29 is 4.42 Å². The van der Waals surface area contributed by atoms with Gasteiger partial charge in [0, 0.05) is 6.07 Å². The van der Waals surface area contributed by atoms with Crippen molar-refractivity contribution >= 4 is 35.0 Å². The third-order valence-electron chi connectivity index (χ3n) is 1.43. The van der Waals surface area contributed by atoms with E-state index >= 15 is 0 Å². The predicted octanol–water partition coefficient (Wildman–Crippen LogP) is 3.23. The molecule has 2 heterocycles. The third kappa shape index (κ3) is 2.84. The Morgan fingerprint density at radius 3 is 2.67 bits per heavy atom. The molecule has 0 bridgehead atoms. The van der Waals surface area contributed by atoms with Crippen LogP contribution in [0.25, 0.3) is 0 Å². The average Bonchev–Trinajstić information content (AvgIpc) is 2.49. The molecule has 2 aromatic rings. The van der Waals surface area contributed by atoms with E-state index in [4.69, 9.17) is 27.6 Å². The van der Waals surface area contributed by atoms with E-state index in [2.05, 4.69) is 15.0 Å². The van der Waals surface area contributed by atoms with Gasteiger partial charge in [0.05, 0.1) is 5.69 Å². The minimum absolute atomic E-state index is 0.105. The second kappa shape index (κ2) is 4.38. The van der Waals surface area contributed by atoms with Crippen molar-refractivity contribution in [1.29, 1.82) is 0 Å². The molecule has 0 unspecified atom stereocenters. The van der Waals surface area contributed by atoms with Gasteiger partial charge in [-0.15, -0.1) is 0 Å². The Morgan fingerprint density at radius 1 is 1.27 bits per heavy atom. The first-order valence-corrected chi connectivity index (χ1v) is 5.51. The number of oxazole rings is 1. The Labute approximate surface area is 100 Å². The zero-order valence-corrected chi connectivity index (χ0v) is 9.90. The molecule has 2 aromatic heterocycles. The van der Waals surface area contributed by atoms with Crippen molar-refractivity contribution in [3.05, 3.63) is 28.5 Å². The lowest BCUT2D eigenvalue weighted by Gasteiger charge is -1.97. The van der Waals surface area contributed by atoms with Gasteiger partial charge in [-0.25, -0.2) is 15.0 Å². The van der Waals surface area contributed by atoms with Gasteiger partial charge in [0.15, 0.2) is 0 Å². The van der Waals surface area contributed by atoms with Crippen LogP contribution < -0.4 is 0 Å². The Kier molecular flexibility index (Phi) is 3.14. The molecule has 4 nitrogen and oxygen atoms in total. The highest BCUT2D eigenvalue weighted by molar-refractivity contribution is 7.99. The topological polar surface area (TPSA) is 51.8 Å². The van der Waals surface area contributed by atoms with Crippen LogP contribution in [0.5, 0.6) is 0 Å². The van der Waals surface area contributed by atoms with Crippen LogP contribution in [-0.4, -0.2) is 15.0 Å². The second-order valence-corrected chi connectivity index (χ2v) is 4.35. The summed E-state index contributed by atoms with van der Waals surface area (Å²) in [6.07, 6.45) is 1.56. The van der Waals surface area contributed by atoms with Gasteiger partial charge < -0.3 is 4.42 Å². The molecule has 0 aliphatic carbocycles. The highest BCUT2D eigenvalue weighted by Crippen LogP contribution is 2.27. The molecule has 0 spiro atoms. The molecule has 0 aliphatic rings. The summed E-state index contributed by atoms with van der Waals surface area (Å²) in [4.78, 5) is 11.8. The SMILES string of the molecule is Cc1coc(Sc2cc(Cl)nc(Cl)n2)n1. The normalized spacial score (nSPS) is 10.6. The molecule has 0 saturated heterocycles. The number of halogens is 2. The fourth-order valence-corrected chi connectivity index (χ4v) is 2.18. The van der Waals surface area contributed by atoms with Crippen molar-refractivity contribution in [3.8, 4) is 0 Å². The Balaban J connectivity index is 2.24. The second-order valence-electron chi connectivity index (χ2n) is 2.65. The summed E-state index contributed by atoms with van der Waals surface area (Å²) in [5.74, 6) is 0. The molecule has 0 amide bonds. The zero-order valence-electron chi connectivity index (χ0n) is 7.57. The van der Waals surface area contributed by atoms with Crippen molar-refractivity contribution in [2.45, 2.75) is 17.2 Å². The average molecular weight is 262 g/mol. The molecule has 0 atom stereocenters. The fourth-order valence-electron chi connectivity index (χ4n) is 0.892. The van der Waals surface area contributed by atoms with Crippen molar-refractivity contribution in [3.63, 3.8) is 0 Å². The van der Waals surface area contributed by atoms with Gasteiger partial charge in [0.1, 0.15) is 16.4 Å². The smallest absolute Gasteiger partial charge is 0.262 e.